The summed E-state index contributed by atoms with van der Waals surface area (Å²) in [6, 6.07) is 0. The minimum Gasteiger partial charge on any atom is -0.339 e. The van der Waals surface area contributed by atoms with Crippen LogP contribution < -0.4 is 5.56 Å². The third-order valence-corrected chi connectivity index (χ3v) is 7.49. The van der Waals surface area contributed by atoms with Crippen LogP contribution in [0.5, 0.6) is 0 Å². The number of nitrogens with zero attached hydrogens (tertiary/aromatic N) is 3. The number of nitrogens with one attached hydrogen (secondary N) is 1. The number of piperazine rings is 1. The molecule has 1 aliphatic heterocycles. The fourth-order valence-corrected chi connectivity index (χ4v) is 5.94. The first-order valence-electron chi connectivity index (χ1n) is 9.73. The average molecular weight is 421 g/mol. The van der Waals surface area contributed by atoms with E-state index in [1.54, 1.807) is 11.3 Å². The summed E-state index contributed by atoms with van der Waals surface area (Å²) in [6.07, 6.45) is 3.65. The molecule has 1 fully saturated rings. The van der Waals surface area contributed by atoms with E-state index in [4.69, 9.17) is 0 Å². The molecule has 3 heterocycles. The van der Waals surface area contributed by atoms with Crippen LogP contribution in [0.25, 0.3) is 10.2 Å². The Kier molecular flexibility index (Phi) is 5.73. The number of aryl methyl sites for hydroxylation is 2. The molecular formula is C19H24N4O3S2. The van der Waals surface area contributed by atoms with Crippen molar-refractivity contribution in [2.24, 2.45) is 0 Å². The van der Waals surface area contributed by atoms with E-state index < -0.39 is 0 Å². The summed E-state index contributed by atoms with van der Waals surface area (Å²) in [5.74, 6) is 1.71. The number of thiophene rings is 1. The topological polar surface area (TPSA) is 86.4 Å². The van der Waals surface area contributed by atoms with E-state index in [1.165, 1.54) is 22.2 Å². The number of aromatic amines is 1. The van der Waals surface area contributed by atoms with Gasteiger partial charge in [-0.1, -0.05) is 6.92 Å². The second kappa shape index (κ2) is 8.24. The Morgan fingerprint density at radius 1 is 1.14 bits per heavy atom. The highest BCUT2D eigenvalue weighted by molar-refractivity contribution is 7.99. The van der Waals surface area contributed by atoms with Crippen molar-refractivity contribution < 1.29 is 9.59 Å². The molecule has 0 radical (unpaired) electrons. The van der Waals surface area contributed by atoms with Crippen LogP contribution in [0.1, 0.15) is 36.0 Å². The molecular weight excluding hydrogens is 396 g/mol. The fourth-order valence-electron chi connectivity index (χ4n) is 3.87. The van der Waals surface area contributed by atoms with E-state index in [-0.39, 0.29) is 17.4 Å². The molecule has 0 bridgehead atoms. The molecule has 150 valence electrons. The predicted octanol–water partition coefficient (Wildman–Crippen LogP) is 1.79. The van der Waals surface area contributed by atoms with Gasteiger partial charge in [-0.15, -0.1) is 23.1 Å². The van der Waals surface area contributed by atoms with E-state index in [1.807, 2.05) is 16.7 Å². The first-order valence-corrected chi connectivity index (χ1v) is 11.7. The molecule has 7 nitrogen and oxygen atoms in total. The fraction of sp³-hybridized carbons (Fsp3) is 0.579. The lowest BCUT2D eigenvalue weighted by atomic mass is 10.2. The van der Waals surface area contributed by atoms with Crippen LogP contribution in [0.3, 0.4) is 0 Å². The van der Waals surface area contributed by atoms with Crippen LogP contribution in [0.2, 0.25) is 0 Å². The number of fused-ring (bicyclic) bond motifs is 3. The summed E-state index contributed by atoms with van der Waals surface area (Å²) >= 11 is 3.10. The highest BCUT2D eigenvalue weighted by Gasteiger charge is 2.24. The molecule has 2 aliphatic rings. The lowest BCUT2D eigenvalue weighted by Crippen LogP contribution is -2.50. The van der Waals surface area contributed by atoms with Crippen LogP contribution >= 0.6 is 23.1 Å². The first-order chi connectivity index (χ1) is 13.6. The zero-order chi connectivity index (χ0) is 19.7. The van der Waals surface area contributed by atoms with E-state index in [2.05, 4.69) is 9.97 Å². The number of carbonyl (C=O) groups is 2. The standard InChI is InChI=1S/C19H24N4O3S2/c1-2-15(24)22-6-8-23(9-7-22)16(25)11-27-10-14-20-18(26)17-12-4-3-5-13(12)28-19(17)21-14/h2-11H2,1H3,(H,20,21,26). The van der Waals surface area contributed by atoms with Gasteiger partial charge in [-0.05, 0) is 24.8 Å². The van der Waals surface area contributed by atoms with Crippen LogP contribution in [-0.2, 0) is 28.2 Å². The number of H-pyrrole nitrogens is 1. The van der Waals surface area contributed by atoms with Crippen molar-refractivity contribution >= 4 is 45.1 Å². The van der Waals surface area contributed by atoms with E-state index in [0.717, 1.165) is 29.5 Å². The molecule has 0 aromatic carbocycles. The van der Waals surface area contributed by atoms with Gasteiger partial charge < -0.3 is 14.8 Å². The Labute approximate surface area is 171 Å². The zero-order valence-corrected chi connectivity index (χ0v) is 17.6. The van der Waals surface area contributed by atoms with E-state index in [0.29, 0.717) is 49.9 Å². The van der Waals surface area contributed by atoms with Crippen molar-refractivity contribution in [1.29, 1.82) is 0 Å². The molecule has 2 amide bonds. The quantitative estimate of drug-likeness (QED) is 0.797. The first kappa shape index (κ1) is 19.4. The third-order valence-electron chi connectivity index (χ3n) is 5.38. The van der Waals surface area contributed by atoms with Crippen molar-refractivity contribution in [3.8, 4) is 0 Å². The highest BCUT2D eigenvalue weighted by atomic mass is 32.2. The summed E-state index contributed by atoms with van der Waals surface area (Å²) < 4.78 is 0. The second-order valence-corrected chi connectivity index (χ2v) is 9.23. The Bertz CT molecular complexity index is 960. The van der Waals surface area contributed by atoms with Gasteiger partial charge in [-0.3, -0.25) is 14.4 Å². The molecule has 1 saturated heterocycles. The van der Waals surface area contributed by atoms with Crippen molar-refractivity contribution in [2.75, 3.05) is 31.9 Å². The smallest absolute Gasteiger partial charge is 0.259 e. The summed E-state index contributed by atoms with van der Waals surface area (Å²) in [7, 11) is 0. The number of rotatable bonds is 5. The summed E-state index contributed by atoms with van der Waals surface area (Å²) in [5, 5.41) is 0.766. The van der Waals surface area contributed by atoms with Crippen molar-refractivity contribution in [1.82, 2.24) is 19.8 Å². The monoisotopic (exact) mass is 420 g/mol. The molecule has 0 saturated carbocycles. The molecule has 4 rings (SSSR count). The Hall–Kier alpha value is -1.87. The lowest BCUT2D eigenvalue weighted by Gasteiger charge is -2.34. The Balaban J connectivity index is 1.31. The molecule has 28 heavy (non-hydrogen) atoms. The molecule has 0 unspecified atom stereocenters. The molecule has 1 aliphatic carbocycles. The zero-order valence-electron chi connectivity index (χ0n) is 16.0. The number of hydrogen-bond donors (Lipinski definition) is 1. The number of amides is 2. The van der Waals surface area contributed by atoms with Gasteiger partial charge in [0.25, 0.3) is 5.56 Å². The van der Waals surface area contributed by atoms with Gasteiger partial charge in [-0.2, -0.15) is 0 Å². The SMILES string of the molecule is CCC(=O)N1CCN(C(=O)CSCc2nc3sc4c(c3c(=O)[nH]2)CCC4)CC1. The minimum absolute atomic E-state index is 0.0527. The average Bonchev–Trinajstić information content (AvgIpc) is 3.28. The van der Waals surface area contributed by atoms with Gasteiger partial charge in [0.15, 0.2) is 0 Å². The van der Waals surface area contributed by atoms with E-state index in [9.17, 15) is 14.4 Å². The Morgan fingerprint density at radius 3 is 2.57 bits per heavy atom. The molecule has 2 aromatic heterocycles. The number of aromatic nitrogens is 2. The predicted molar refractivity (Wildman–Crippen MR) is 112 cm³/mol. The van der Waals surface area contributed by atoms with E-state index >= 15 is 0 Å². The molecule has 2 aromatic rings. The van der Waals surface area contributed by atoms with Crippen LogP contribution in [0, 0.1) is 0 Å². The maximum Gasteiger partial charge on any atom is 0.259 e. The van der Waals surface area contributed by atoms with Crippen LogP contribution in [0.4, 0.5) is 0 Å². The van der Waals surface area contributed by atoms with Gasteiger partial charge in [-0.25, -0.2) is 4.98 Å². The van der Waals surface area contributed by atoms with Gasteiger partial charge in [0.05, 0.1) is 16.9 Å². The second-order valence-electron chi connectivity index (χ2n) is 7.16. The highest BCUT2D eigenvalue weighted by Crippen LogP contribution is 2.34. The number of carbonyl (C=O) groups excluding carboxylic acids is 2. The molecule has 9 heteroatoms. The molecule has 0 spiro atoms. The number of thioether (sulfide) groups is 1. The maximum atomic E-state index is 12.5. The van der Waals surface area contributed by atoms with Crippen molar-refractivity contribution in [2.45, 2.75) is 38.4 Å². The van der Waals surface area contributed by atoms with Gasteiger partial charge in [0.1, 0.15) is 10.7 Å². The summed E-state index contributed by atoms with van der Waals surface area (Å²) in [6.45, 7) is 4.26. The van der Waals surface area contributed by atoms with Gasteiger partial charge in [0.2, 0.25) is 11.8 Å². The number of hydrogen-bond acceptors (Lipinski definition) is 6. The van der Waals surface area contributed by atoms with Crippen LogP contribution in [-0.4, -0.2) is 63.5 Å². The van der Waals surface area contributed by atoms with Gasteiger partial charge >= 0.3 is 0 Å². The summed E-state index contributed by atoms with van der Waals surface area (Å²) in [4.78, 5) is 49.9. The normalized spacial score (nSPS) is 16.6. The largest absolute Gasteiger partial charge is 0.339 e. The molecule has 1 N–H and O–H groups in total. The van der Waals surface area contributed by atoms with Crippen molar-refractivity contribution in [3.63, 3.8) is 0 Å². The maximum absolute atomic E-state index is 12.5. The Morgan fingerprint density at radius 2 is 1.86 bits per heavy atom. The summed E-state index contributed by atoms with van der Waals surface area (Å²) in [5.41, 5.74) is 1.13. The minimum atomic E-state index is -0.0527. The van der Waals surface area contributed by atoms with Gasteiger partial charge in [0, 0.05) is 37.5 Å². The lowest BCUT2D eigenvalue weighted by molar-refractivity contribution is -0.137. The van der Waals surface area contributed by atoms with Crippen LogP contribution in [0.15, 0.2) is 4.79 Å². The third kappa shape index (κ3) is 3.82. The van der Waals surface area contributed by atoms with Crippen molar-refractivity contribution in [3.05, 3.63) is 26.6 Å². The molecule has 0 atom stereocenters.